The maximum absolute atomic E-state index is 8.63. The third kappa shape index (κ3) is 3.42. The molecule has 1 atom stereocenters. The van der Waals surface area contributed by atoms with Crippen molar-refractivity contribution < 1.29 is 5.11 Å². The van der Waals surface area contributed by atoms with Crippen LogP contribution in [-0.2, 0) is 0 Å². The van der Waals surface area contributed by atoms with Crippen LogP contribution in [0, 0.1) is 0 Å². The molecule has 0 spiro atoms. The van der Waals surface area contributed by atoms with E-state index in [1.165, 1.54) is 0 Å². The number of aromatic nitrogens is 1. The largest absolute Gasteiger partial charge is 0.396 e. The molecular formula is C9H13BrN2O. The van der Waals surface area contributed by atoms with E-state index in [4.69, 9.17) is 10.8 Å². The summed E-state index contributed by atoms with van der Waals surface area (Å²) in [6.07, 6.45) is 1.48. The van der Waals surface area contributed by atoms with E-state index in [0.717, 1.165) is 23.1 Å². The Morgan fingerprint density at radius 3 is 2.92 bits per heavy atom. The Morgan fingerprint density at radius 1 is 1.54 bits per heavy atom. The van der Waals surface area contributed by atoms with Crippen LogP contribution in [0.2, 0.25) is 0 Å². The SMILES string of the molecule is N[C@@H](CCCO)c1cccc(Br)n1. The van der Waals surface area contributed by atoms with Gasteiger partial charge in [0.05, 0.1) is 5.69 Å². The van der Waals surface area contributed by atoms with Crippen molar-refractivity contribution >= 4 is 15.9 Å². The molecule has 72 valence electrons. The summed E-state index contributed by atoms with van der Waals surface area (Å²) in [6, 6.07) is 5.59. The number of nitrogens with two attached hydrogens (primary N) is 1. The van der Waals surface area contributed by atoms with E-state index in [9.17, 15) is 0 Å². The lowest BCUT2D eigenvalue weighted by atomic mass is 10.1. The lowest BCUT2D eigenvalue weighted by Gasteiger charge is -2.09. The van der Waals surface area contributed by atoms with Crippen molar-refractivity contribution in [1.29, 1.82) is 0 Å². The van der Waals surface area contributed by atoms with Gasteiger partial charge in [0.15, 0.2) is 0 Å². The molecule has 3 N–H and O–H groups in total. The zero-order valence-electron chi connectivity index (χ0n) is 7.28. The number of rotatable bonds is 4. The van der Waals surface area contributed by atoms with E-state index in [0.29, 0.717) is 0 Å². The number of nitrogens with zero attached hydrogens (tertiary/aromatic N) is 1. The standard InChI is InChI=1S/C9H13BrN2O/c10-9-5-1-4-8(12-9)7(11)3-2-6-13/h1,4-5,7,13H,2-3,6,11H2/t7-/m0/s1. The second kappa shape index (κ2) is 5.32. The maximum atomic E-state index is 8.63. The van der Waals surface area contributed by atoms with E-state index in [1.807, 2.05) is 18.2 Å². The number of hydrogen-bond acceptors (Lipinski definition) is 3. The Hall–Kier alpha value is -0.450. The third-order valence-electron chi connectivity index (χ3n) is 1.79. The second-order valence-electron chi connectivity index (χ2n) is 2.86. The molecule has 0 fully saturated rings. The number of pyridine rings is 1. The predicted molar refractivity (Wildman–Crippen MR) is 55.2 cm³/mol. The summed E-state index contributed by atoms with van der Waals surface area (Å²) >= 11 is 3.28. The summed E-state index contributed by atoms with van der Waals surface area (Å²) in [4.78, 5) is 4.24. The monoisotopic (exact) mass is 244 g/mol. The van der Waals surface area contributed by atoms with Gasteiger partial charge in [0.2, 0.25) is 0 Å². The minimum absolute atomic E-state index is 0.0790. The summed E-state index contributed by atoms with van der Waals surface area (Å²) in [5, 5.41) is 8.63. The van der Waals surface area contributed by atoms with Gasteiger partial charge < -0.3 is 10.8 Å². The lowest BCUT2D eigenvalue weighted by molar-refractivity contribution is 0.279. The highest BCUT2D eigenvalue weighted by Crippen LogP contribution is 2.15. The first-order chi connectivity index (χ1) is 6.24. The zero-order valence-corrected chi connectivity index (χ0v) is 8.87. The third-order valence-corrected chi connectivity index (χ3v) is 2.23. The van der Waals surface area contributed by atoms with E-state index < -0.39 is 0 Å². The molecule has 0 saturated carbocycles. The average molecular weight is 245 g/mol. The highest BCUT2D eigenvalue weighted by atomic mass is 79.9. The van der Waals surface area contributed by atoms with Gasteiger partial charge in [-0.15, -0.1) is 0 Å². The van der Waals surface area contributed by atoms with E-state index in [1.54, 1.807) is 0 Å². The molecule has 13 heavy (non-hydrogen) atoms. The minimum Gasteiger partial charge on any atom is -0.396 e. The molecule has 0 aliphatic rings. The summed E-state index contributed by atoms with van der Waals surface area (Å²) in [5.41, 5.74) is 6.72. The molecule has 3 nitrogen and oxygen atoms in total. The van der Waals surface area contributed by atoms with Gasteiger partial charge in [-0.3, -0.25) is 0 Å². The highest BCUT2D eigenvalue weighted by Gasteiger charge is 2.06. The molecule has 1 rings (SSSR count). The molecule has 0 bridgehead atoms. The van der Waals surface area contributed by atoms with Gasteiger partial charge in [-0.25, -0.2) is 4.98 Å². The van der Waals surface area contributed by atoms with Crippen LogP contribution in [0.15, 0.2) is 22.8 Å². The highest BCUT2D eigenvalue weighted by molar-refractivity contribution is 9.10. The minimum atomic E-state index is -0.0790. The number of aliphatic hydroxyl groups excluding tert-OH is 1. The molecule has 0 unspecified atom stereocenters. The fourth-order valence-electron chi connectivity index (χ4n) is 1.09. The molecule has 0 radical (unpaired) electrons. The predicted octanol–water partition coefficient (Wildman–Crippen LogP) is 1.62. The van der Waals surface area contributed by atoms with Gasteiger partial charge >= 0.3 is 0 Å². The molecule has 4 heteroatoms. The topological polar surface area (TPSA) is 59.1 Å². The van der Waals surface area contributed by atoms with Crippen molar-refractivity contribution in [3.8, 4) is 0 Å². The fourth-order valence-corrected chi connectivity index (χ4v) is 1.45. The van der Waals surface area contributed by atoms with Gasteiger partial charge in [0.25, 0.3) is 0 Å². The fraction of sp³-hybridized carbons (Fsp3) is 0.444. The molecule has 0 aliphatic carbocycles. The van der Waals surface area contributed by atoms with Crippen LogP contribution in [-0.4, -0.2) is 16.7 Å². The Kier molecular flexibility index (Phi) is 4.35. The van der Waals surface area contributed by atoms with Crippen LogP contribution in [0.25, 0.3) is 0 Å². The summed E-state index contributed by atoms with van der Waals surface area (Å²) < 4.78 is 0.796. The maximum Gasteiger partial charge on any atom is 0.106 e. The van der Waals surface area contributed by atoms with Crippen LogP contribution in [0.1, 0.15) is 24.6 Å². The first-order valence-electron chi connectivity index (χ1n) is 4.23. The molecule has 1 aromatic heterocycles. The zero-order chi connectivity index (χ0) is 9.68. The molecular weight excluding hydrogens is 232 g/mol. The van der Waals surface area contributed by atoms with Crippen molar-refractivity contribution in [2.75, 3.05) is 6.61 Å². The van der Waals surface area contributed by atoms with Gasteiger partial charge in [0, 0.05) is 12.6 Å². The summed E-state index contributed by atoms with van der Waals surface area (Å²) in [7, 11) is 0. The lowest BCUT2D eigenvalue weighted by Crippen LogP contribution is -2.12. The summed E-state index contributed by atoms with van der Waals surface area (Å²) in [5.74, 6) is 0. The quantitative estimate of drug-likeness (QED) is 0.792. The van der Waals surface area contributed by atoms with Gasteiger partial charge in [-0.1, -0.05) is 6.07 Å². The number of hydrogen-bond donors (Lipinski definition) is 2. The van der Waals surface area contributed by atoms with Crippen molar-refractivity contribution in [3.63, 3.8) is 0 Å². The smallest absolute Gasteiger partial charge is 0.106 e. The Bertz CT molecular complexity index is 268. The number of halogens is 1. The second-order valence-corrected chi connectivity index (χ2v) is 3.67. The normalized spacial score (nSPS) is 12.8. The average Bonchev–Trinajstić information content (AvgIpc) is 2.14. The van der Waals surface area contributed by atoms with E-state index in [2.05, 4.69) is 20.9 Å². The Balaban J connectivity index is 2.60. The van der Waals surface area contributed by atoms with Crippen LogP contribution in [0.3, 0.4) is 0 Å². The van der Waals surface area contributed by atoms with Crippen molar-refractivity contribution in [1.82, 2.24) is 4.98 Å². The van der Waals surface area contributed by atoms with Crippen LogP contribution >= 0.6 is 15.9 Å². The van der Waals surface area contributed by atoms with Crippen LogP contribution < -0.4 is 5.73 Å². The van der Waals surface area contributed by atoms with Gasteiger partial charge in [0.1, 0.15) is 4.60 Å². The first kappa shape index (κ1) is 10.6. The molecule has 1 aromatic rings. The molecule has 0 saturated heterocycles. The number of aliphatic hydroxyl groups is 1. The first-order valence-corrected chi connectivity index (χ1v) is 5.02. The van der Waals surface area contributed by atoms with Crippen LogP contribution in [0.4, 0.5) is 0 Å². The molecule has 0 aliphatic heterocycles. The van der Waals surface area contributed by atoms with Crippen LogP contribution in [0.5, 0.6) is 0 Å². The molecule has 1 heterocycles. The Labute approximate surface area is 86.1 Å². The Morgan fingerprint density at radius 2 is 2.31 bits per heavy atom. The van der Waals surface area contributed by atoms with Crippen molar-refractivity contribution in [2.24, 2.45) is 5.73 Å². The van der Waals surface area contributed by atoms with Crippen molar-refractivity contribution in [3.05, 3.63) is 28.5 Å². The molecule has 0 amide bonds. The summed E-state index contributed by atoms with van der Waals surface area (Å²) in [6.45, 7) is 0.182. The van der Waals surface area contributed by atoms with Crippen molar-refractivity contribution in [2.45, 2.75) is 18.9 Å². The van der Waals surface area contributed by atoms with Gasteiger partial charge in [-0.05, 0) is 40.9 Å². The van der Waals surface area contributed by atoms with E-state index >= 15 is 0 Å². The molecule has 0 aromatic carbocycles. The van der Waals surface area contributed by atoms with E-state index in [-0.39, 0.29) is 12.6 Å². The van der Waals surface area contributed by atoms with Gasteiger partial charge in [-0.2, -0.15) is 0 Å².